The maximum atomic E-state index is 5.83. The standard InChI is InChI=1S/C16H17ClN2/c1-12-4-6-15-14(9-12)3-2-8-19(15)11-13-5-7-16(17)18-10-13/h4-7,9-10H,2-3,8,11H2,1H3. The first-order valence-electron chi connectivity index (χ1n) is 6.67. The van der Waals surface area contributed by atoms with Crippen LogP contribution in [0.5, 0.6) is 0 Å². The first kappa shape index (κ1) is 12.5. The van der Waals surface area contributed by atoms with Crippen LogP contribution in [0.15, 0.2) is 36.5 Å². The van der Waals surface area contributed by atoms with Gasteiger partial charge in [0.05, 0.1) is 0 Å². The topological polar surface area (TPSA) is 16.1 Å². The minimum atomic E-state index is 0.554. The van der Waals surface area contributed by atoms with Crippen molar-refractivity contribution in [3.8, 4) is 0 Å². The molecule has 0 fully saturated rings. The van der Waals surface area contributed by atoms with Crippen molar-refractivity contribution >= 4 is 17.3 Å². The average molecular weight is 273 g/mol. The molecular weight excluding hydrogens is 256 g/mol. The summed E-state index contributed by atoms with van der Waals surface area (Å²) in [7, 11) is 0. The predicted octanol–water partition coefficient (Wildman–Crippen LogP) is 4.00. The average Bonchev–Trinajstić information content (AvgIpc) is 2.41. The monoisotopic (exact) mass is 272 g/mol. The van der Waals surface area contributed by atoms with Crippen molar-refractivity contribution in [1.82, 2.24) is 4.98 Å². The van der Waals surface area contributed by atoms with Crippen LogP contribution in [0.3, 0.4) is 0 Å². The molecule has 0 N–H and O–H groups in total. The summed E-state index contributed by atoms with van der Waals surface area (Å²) in [6.45, 7) is 4.17. The first-order valence-corrected chi connectivity index (χ1v) is 7.05. The first-order chi connectivity index (χ1) is 9.22. The van der Waals surface area contributed by atoms with E-state index in [0.717, 1.165) is 13.1 Å². The molecule has 3 heteroatoms. The van der Waals surface area contributed by atoms with E-state index >= 15 is 0 Å². The van der Waals surface area contributed by atoms with Gasteiger partial charge < -0.3 is 4.90 Å². The summed E-state index contributed by atoms with van der Waals surface area (Å²) in [5.74, 6) is 0. The number of nitrogens with zero attached hydrogens (tertiary/aromatic N) is 2. The fourth-order valence-electron chi connectivity index (χ4n) is 2.69. The van der Waals surface area contributed by atoms with Crippen LogP contribution in [0.25, 0.3) is 0 Å². The fourth-order valence-corrected chi connectivity index (χ4v) is 2.80. The lowest BCUT2D eigenvalue weighted by Crippen LogP contribution is -2.28. The highest BCUT2D eigenvalue weighted by Crippen LogP contribution is 2.29. The van der Waals surface area contributed by atoms with Crippen molar-refractivity contribution in [3.63, 3.8) is 0 Å². The van der Waals surface area contributed by atoms with Gasteiger partial charge in [0.2, 0.25) is 0 Å². The van der Waals surface area contributed by atoms with Crippen LogP contribution in [0, 0.1) is 6.92 Å². The third-order valence-electron chi connectivity index (χ3n) is 3.61. The van der Waals surface area contributed by atoms with Crippen molar-refractivity contribution in [1.29, 1.82) is 0 Å². The SMILES string of the molecule is Cc1ccc2c(c1)CCCN2Cc1ccc(Cl)nc1. The number of aromatic nitrogens is 1. The summed E-state index contributed by atoms with van der Waals surface area (Å²) in [5.41, 5.74) is 5.38. The Morgan fingerprint density at radius 1 is 1.26 bits per heavy atom. The van der Waals surface area contributed by atoms with Crippen molar-refractivity contribution < 1.29 is 0 Å². The Morgan fingerprint density at radius 2 is 2.16 bits per heavy atom. The van der Waals surface area contributed by atoms with Gasteiger partial charge in [-0.1, -0.05) is 35.4 Å². The molecule has 1 aromatic carbocycles. The Morgan fingerprint density at radius 3 is 2.95 bits per heavy atom. The molecule has 98 valence electrons. The molecule has 0 saturated heterocycles. The number of fused-ring (bicyclic) bond motifs is 1. The smallest absolute Gasteiger partial charge is 0.129 e. The number of anilines is 1. The molecule has 0 aliphatic carbocycles. The van der Waals surface area contributed by atoms with Gasteiger partial charge in [0.25, 0.3) is 0 Å². The van der Waals surface area contributed by atoms with Crippen LogP contribution in [-0.4, -0.2) is 11.5 Å². The van der Waals surface area contributed by atoms with Gasteiger partial charge in [-0.2, -0.15) is 0 Å². The lowest BCUT2D eigenvalue weighted by molar-refractivity contribution is 0.690. The molecule has 0 unspecified atom stereocenters. The molecule has 2 heterocycles. The summed E-state index contributed by atoms with van der Waals surface area (Å²) in [5, 5.41) is 0.554. The fraction of sp³-hybridized carbons (Fsp3) is 0.312. The van der Waals surface area contributed by atoms with E-state index in [1.807, 2.05) is 12.3 Å². The minimum absolute atomic E-state index is 0.554. The van der Waals surface area contributed by atoms with Gasteiger partial charge in [-0.15, -0.1) is 0 Å². The lowest BCUT2D eigenvalue weighted by Gasteiger charge is -2.31. The summed E-state index contributed by atoms with van der Waals surface area (Å²) < 4.78 is 0. The second-order valence-corrected chi connectivity index (χ2v) is 5.53. The minimum Gasteiger partial charge on any atom is -0.367 e. The predicted molar refractivity (Wildman–Crippen MR) is 79.8 cm³/mol. The number of hydrogen-bond acceptors (Lipinski definition) is 2. The van der Waals surface area contributed by atoms with Gasteiger partial charge >= 0.3 is 0 Å². The Hall–Kier alpha value is -1.54. The molecular formula is C16H17ClN2. The third-order valence-corrected chi connectivity index (χ3v) is 3.84. The van der Waals surface area contributed by atoms with Crippen molar-refractivity contribution in [2.24, 2.45) is 0 Å². The number of halogens is 1. The van der Waals surface area contributed by atoms with Crippen molar-refractivity contribution in [2.45, 2.75) is 26.3 Å². The van der Waals surface area contributed by atoms with Gasteiger partial charge in [0.1, 0.15) is 5.15 Å². The van der Waals surface area contributed by atoms with E-state index < -0.39 is 0 Å². The number of benzene rings is 1. The second kappa shape index (κ2) is 5.22. The van der Waals surface area contributed by atoms with E-state index in [1.165, 1.54) is 35.2 Å². The van der Waals surface area contributed by atoms with E-state index in [-0.39, 0.29) is 0 Å². The van der Waals surface area contributed by atoms with Crippen LogP contribution in [0.2, 0.25) is 5.15 Å². The molecule has 1 aromatic heterocycles. The molecule has 2 aromatic rings. The van der Waals surface area contributed by atoms with Crippen LogP contribution in [-0.2, 0) is 13.0 Å². The lowest BCUT2D eigenvalue weighted by atomic mass is 9.99. The molecule has 19 heavy (non-hydrogen) atoms. The van der Waals surface area contributed by atoms with Gasteiger partial charge in [-0.3, -0.25) is 0 Å². The molecule has 0 saturated carbocycles. The van der Waals surface area contributed by atoms with Gasteiger partial charge in [-0.05, 0) is 43.0 Å². The molecule has 1 aliphatic rings. The highest BCUT2D eigenvalue weighted by molar-refractivity contribution is 6.29. The third kappa shape index (κ3) is 2.74. The number of pyridine rings is 1. The summed E-state index contributed by atoms with van der Waals surface area (Å²) in [6.07, 6.45) is 4.27. The maximum Gasteiger partial charge on any atom is 0.129 e. The van der Waals surface area contributed by atoms with Crippen molar-refractivity contribution in [2.75, 3.05) is 11.4 Å². The highest BCUT2D eigenvalue weighted by Gasteiger charge is 2.16. The molecule has 3 rings (SSSR count). The van der Waals surface area contributed by atoms with Crippen LogP contribution in [0.4, 0.5) is 5.69 Å². The van der Waals surface area contributed by atoms with E-state index in [1.54, 1.807) is 0 Å². The van der Waals surface area contributed by atoms with Crippen molar-refractivity contribution in [3.05, 3.63) is 58.4 Å². The normalized spacial score (nSPS) is 14.3. The largest absolute Gasteiger partial charge is 0.367 e. The van der Waals surface area contributed by atoms with Gasteiger partial charge in [-0.25, -0.2) is 4.98 Å². The Bertz CT molecular complexity index is 578. The molecule has 0 spiro atoms. The molecule has 0 amide bonds. The Labute approximate surface area is 119 Å². The number of aryl methyl sites for hydroxylation is 2. The van der Waals surface area contributed by atoms with E-state index in [0.29, 0.717) is 5.15 Å². The molecule has 0 atom stereocenters. The molecule has 2 nitrogen and oxygen atoms in total. The number of rotatable bonds is 2. The van der Waals surface area contributed by atoms with Gasteiger partial charge in [0, 0.05) is 25.0 Å². The summed E-state index contributed by atoms with van der Waals surface area (Å²) in [4.78, 5) is 6.59. The Balaban J connectivity index is 1.85. The quantitative estimate of drug-likeness (QED) is 0.769. The van der Waals surface area contributed by atoms with E-state index in [2.05, 4.69) is 41.1 Å². The summed E-state index contributed by atoms with van der Waals surface area (Å²) >= 11 is 5.83. The van der Waals surface area contributed by atoms with Crippen LogP contribution < -0.4 is 4.90 Å². The molecule has 0 radical (unpaired) electrons. The zero-order valence-corrected chi connectivity index (χ0v) is 11.8. The van der Waals surface area contributed by atoms with Crippen LogP contribution in [0.1, 0.15) is 23.1 Å². The summed E-state index contributed by atoms with van der Waals surface area (Å²) in [6, 6.07) is 10.7. The van der Waals surface area contributed by atoms with Crippen LogP contribution >= 0.6 is 11.6 Å². The highest BCUT2D eigenvalue weighted by atomic mass is 35.5. The molecule has 1 aliphatic heterocycles. The number of hydrogen-bond donors (Lipinski definition) is 0. The van der Waals surface area contributed by atoms with E-state index in [9.17, 15) is 0 Å². The van der Waals surface area contributed by atoms with E-state index in [4.69, 9.17) is 11.6 Å². The zero-order valence-electron chi connectivity index (χ0n) is 11.1. The molecule has 0 bridgehead atoms. The Kier molecular flexibility index (Phi) is 3.43. The second-order valence-electron chi connectivity index (χ2n) is 5.15. The van der Waals surface area contributed by atoms with Gasteiger partial charge in [0.15, 0.2) is 0 Å². The zero-order chi connectivity index (χ0) is 13.2. The maximum absolute atomic E-state index is 5.83.